The van der Waals surface area contributed by atoms with E-state index in [0.29, 0.717) is 5.41 Å². The summed E-state index contributed by atoms with van der Waals surface area (Å²) < 4.78 is 6.44. The molecule has 27 heavy (non-hydrogen) atoms. The Morgan fingerprint density at radius 3 is 2.30 bits per heavy atom. The number of hydrogen-bond acceptors (Lipinski definition) is 4. The van der Waals surface area contributed by atoms with Crippen LogP contribution in [0.1, 0.15) is 52.0 Å². The van der Waals surface area contributed by atoms with Crippen LogP contribution in [0.15, 0.2) is 22.7 Å². The van der Waals surface area contributed by atoms with Crippen LogP contribution in [0, 0.1) is 16.7 Å². The predicted molar refractivity (Wildman–Crippen MR) is 110 cm³/mol. The number of carbonyl (C=O) groups is 1. The summed E-state index contributed by atoms with van der Waals surface area (Å²) in [6.45, 7) is 9.19. The molecule has 146 valence electrons. The van der Waals surface area contributed by atoms with Crippen molar-refractivity contribution in [3.05, 3.63) is 28.2 Å². The summed E-state index contributed by atoms with van der Waals surface area (Å²) in [5.41, 5.74) is 1.62. The Balaban J connectivity index is 1.57. The van der Waals surface area contributed by atoms with Gasteiger partial charge in [0.2, 0.25) is 0 Å². The monoisotopic (exact) mass is 433 g/mol. The van der Waals surface area contributed by atoms with Crippen LogP contribution in [0.5, 0.6) is 0 Å². The number of piperidine rings is 2. The van der Waals surface area contributed by atoms with E-state index in [2.05, 4.69) is 26.9 Å². The van der Waals surface area contributed by atoms with Gasteiger partial charge in [0.1, 0.15) is 11.7 Å². The number of anilines is 1. The number of halogens is 1. The molecule has 2 aliphatic heterocycles. The molecule has 2 heterocycles. The highest BCUT2D eigenvalue weighted by molar-refractivity contribution is 9.10. The second-order valence-electron chi connectivity index (χ2n) is 8.73. The highest BCUT2D eigenvalue weighted by atomic mass is 79.9. The Labute approximate surface area is 170 Å². The molecule has 0 saturated carbocycles. The molecule has 1 aromatic rings. The van der Waals surface area contributed by atoms with Gasteiger partial charge in [0.25, 0.3) is 0 Å². The smallest absolute Gasteiger partial charge is 0.410 e. The summed E-state index contributed by atoms with van der Waals surface area (Å²) in [4.78, 5) is 16.5. The third kappa shape index (κ3) is 4.76. The maximum atomic E-state index is 12.3. The van der Waals surface area contributed by atoms with Gasteiger partial charge < -0.3 is 14.5 Å². The topological polar surface area (TPSA) is 56.6 Å². The molecule has 2 fully saturated rings. The van der Waals surface area contributed by atoms with Gasteiger partial charge in [-0.15, -0.1) is 0 Å². The molecule has 6 heteroatoms. The van der Waals surface area contributed by atoms with Gasteiger partial charge in [0, 0.05) is 30.7 Å². The molecule has 1 aromatic carbocycles. The fourth-order valence-electron chi connectivity index (χ4n) is 4.09. The molecule has 0 bridgehead atoms. The molecule has 0 unspecified atom stereocenters. The van der Waals surface area contributed by atoms with Crippen molar-refractivity contribution in [3.63, 3.8) is 0 Å². The van der Waals surface area contributed by atoms with Crippen molar-refractivity contribution in [2.24, 2.45) is 5.41 Å². The normalized spacial score (nSPS) is 19.7. The Morgan fingerprint density at radius 1 is 1.15 bits per heavy atom. The fourth-order valence-corrected chi connectivity index (χ4v) is 4.45. The molecule has 3 rings (SSSR count). The van der Waals surface area contributed by atoms with Gasteiger partial charge in [-0.25, -0.2) is 4.79 Å². The van der Waals surface area contributed by atoms with Crippen molar-refractivity contribution in [2.45, 2.75) is 52.1 Å². The quantitative estimate of drug-likeness (QED) is 0.629. The zero-order chi connectivity index (χ0) is 19.7. The van der Waals surface area contributed by atoms with Crippen molar-refractivity contribution in [2.75, 3.05) is 31.1 Å². The molecule has 0 radical (unpaired) electrons. The summed E-state index contributed by atoms with van der Waals surface area (Å²) in [5.74, 6) is 0. The largest absolute Gasteiger partial charge is 0.444 e. The van der Waals surface area contributed by atoms with Gasteiger partial charge in [0.15, 0.2) is 0 Å². The van der Waals surface area contributed by atoms with E-state index < -0.39 is 5.60 Å². The second-order valence-corrected chi connectivity index (χ2v) is 9.64. The SMILES string of the molecule is CC(C)(C)OC(=O)N1CCC2(CC1)CCN(c1ccc(Br)cc1C#N)CC2. The number of nitriles is 1. The van der Waals surface area contributed by atoms with Crippen LogP contribution in [0.4, 0.5) is 10.5 Å². The van der Waals surface area contributed by atoms with Crippen LogP contribution in [0.2, 0.25) is 0 Å². The van der Waals surface area contributed by atoms with E-state index in [0.717, 1.165) is 67.6 Å². The van der Waals surface area contributed by atoms with E-state index in [9.17, 15) is 10.1 Å². The van der Waals surface area contributed by atoms with Crippen LogP contribution in [-0.4, -0.2) is 42.8 Å². The molecule has 0 aliphatic carbocycles. The third-order valence-corrected chi connectivity index (χ3v) is 6.21. The van der Waals surface area contributed by atoms with E-state index in [-0.39, 0.29) is 6.09 Å². The van der Waals surface area contributed by atoms with Crippen LogP contribution < -0.4 is 4.90 Å². The Bertz CT molecular complexity index is 733. The highest BCUT2D eigenvalue weighted by Crippen LogP contribution is 2.42. The average molecular weight is 434 g/mol. The molecular formula is C21H28BrN3O2. The van der Waals surface area contributed by atoms with Crippen molar-refractivity contribution in [1.29, 1.82) is 5.26 Å². The lowest BCUT2D eigenvalue weighted by Gasteiger charge is -2.47. The lowest BCUT2D eigenvalue weighted by atomic mass is 9.71. The third-order valence-electron chi connectivity index (χ3n) is 5.72. The number of carbonyl (C=O) groups excluding carboxylic acids is 1. The van der Waals surface area contributed by atoms with E-state index in [1.807, 2.05) is 43.9 Å². The first kappa shape index (κ1) is 20.0. The van der Waals surface area contributed by atoms with E-state index in [4.69, 9.17) is 4.74 Å². The molecule has 2 aliphatic rings. The van der Waals surface area contributed by atoms with Crippen molar-refractivity contribution < 1.29 is 9.53 Å². The molecular weight excluding hydrogens is 406 g/mol. The molecule has 1 amide bonds. The summed E-state index contributed by atoms with van der Waals surface area (Å²) >= 11 is 3.44. The summed E-state index contributed by atoms with van der Waals surface area (Å²) in [5, 5.41) is 9.43. The maximum absolute atomic E-state index is 12.3. The van der Waals surface area contributed by atoms with Crippen molar-refractivity contribution >= 4 is 27.7 Å². The van der Waals surface area contributed by atoms with Crippen molar-refractivity contribution in [1.82, 2.24) is 4.90 Å². The zero-order valence-electron chi connectivity index (χ0n) is 16.4. The lowest BCUT2D eigenvalue weighted by molar-refractivity contribution is 0.00666. The Morgan fingerprint density at radius 2 is 1.74 bits per heavy atom. The Kier molecular flexibility index (Phi) is 5.71. The average Bonchev–Trinajstić information content (AvgIpc) is 2.62. The minimum absolute atomic E-state index is 0.191. The van der Waals surface area contributed by atoms with E-state index in [1.165, 1.54) is 0 Å². The van der Waals surface area contributed by atoms with E-state index in [1.54, 1.807) is 0 Å². The number of rotatable bonds is 1. The van der Waals surface area contributed by atoms with Crippen molar-refractivity contribution in [3.8, 4) is 6.07 Å². The minimum atomic E-state index is -0.444. The lowest BCUT2D eigenvalue weighted by Crippen LogP contribution is -2.49. The molecule has 0 N–H and O–H groups in total. The zero-order valence-corrected chi connectivity index (χ0v) is 18.0. The van der Waals surface area contributed by atoms with Gasteiger partial charge in [0.05, 0.1) is 11.3 Å². The van der Waals surface area contributed by atoms with Crippen LogP contribution in [0.25, 0.3) is 0 Å². The van der Waals surface area contributed by atoms with Crippen LogP contribution in [-0.2, 0) is 4.74 Å². The summed E-state index contributed by atoms with van der Waals surface area (Å²) in [6.07, 6.45) is 4.09. The number of nitrogens with zero attached hydrogens (tertiary/aromatic N) is 3. The summed E-state index contributed by atoms with van der Waals surface area (Å²) in [6, 6.07) is 8.23. The second kappa shape index (κ2) is 7.71. The molecule has 0 aromatic heterocycles. The van der Waals surface area contributed by atoms with Gasteiger partial charge in [-0.1, -0.05) is 15.9 Å². The fraction of sp³-hybridized carbons (Fsp3) is 0.619. The summed E-state index contributed by atoms with van der Waals surface area (Å²) in [7, 11) is 0. The number of hydrogen-bond donors (Lipinski definition) is 0. The van der Waals surface area contributed by atoms with Gasteiger partial charge in [-0.2, -0.15) is 5.26 Å². The Hall–Kier alpha value is -1.74. The number of benzene rings is 1. The predicted octanol–water partition coefficient (Wildman–Crippen LogP) is 4.94. The molecule has 1 spiro atoms. The van der Waals surface area contributed by atoms with Crippen LogP contribution >= 0.6 is 15.9 Å². The number of likely N-dealkylation sites (tertiary alicyclic amines) is 1. The minimum Gasteiger partial charge on any atom is -0.444 e. The number of ether oxygens (including phenoxy) is 1. The van der Waals surface area contributed by atoms with Crippen LogP contribution in [0.3, 0.4) is 0 Å². The molecule has 0 atom stereocenters. The first-order chi connectivity index (χ1) is 12.7. The van der Waals surface area contributed by atoms with Gasteiger partial charge in [-0.05, 0) is 70.1 Å². The van der Waals surface area contributed by atoms with Gasteiger partial charge >= 0.3 is 6.09 Å². The number of amides is 1. The first-order valence-electron chi connectivity index (χ1n) is 9.64. The standard InChI is InChI=1S/C21H28BrN3O2/c1-20(2,3)27-19(26)25-12-8-21(9-13-25)6-10-24(11-7-21)18-5-4-17(22)14-16(18)15-23/h4-5,14H,6-13H2,1-3H3. The van der Waals surface area contributed by atoms with E-state index >= 15 is 0 Å². The highest BCUT2D eigenvalue weighted by Gasteiger charge is 2.39. The molecule has 2 saturated heterocycles. The maximum Gasteiger partial charge on any atom is 0.410 e. The first-order valence-corrected chi connectivity index (χ1v) is 10.4. The molecule has 5 nitrogen and oxygen atoms in total. The van der Waals surface area contributed by atoms with Gasteiger partial charge in [-0.3, -0.25) is 0 Å².